The van der Waals surface area contributed by atoms with Crippen LogP contribution in [0.4, 0.5) is 0 Å². The van der Waals surface area contributed by atoms with Crippen molar-refractivity contribution in [1.29, 1.82) is 0 Å². The molecule has 0 radical (unpaired) electrons. The summed E-state index contributed by atoms with van der Waals surface area (Å²) in [5.74, 6) is -3.59. The van der Waals surface area contributed by atoms with E-state index in [0.29, 0.717) is 21.3 Å². The number of carbonyl (C=O) groups is 6. The van der Waals surface area contributed by atoms with Gasteiger partial charge in [-0.3, -0.25) is 0 Å². The van der Waals surface area contributed by atoms with Gasteiger partial charge in [0, 0.05) is 0 Å². The fourth-order valence-electron chi connectivity index (χ4n) is 1.73. The third-order valence-electron chi connectivity index (χ3n) is 3.49. The summed E-state index contributed by atoms with van der Waals surface area (Å²) in [5, 5.41) is 23.8. The number of carbonyl (C=O) groups excluding carboxylic acids is 4. The third-order valence-corrected chi connectivity index (χ3v) is 17.8. The van der Waals surface area contributed by atoms with Gasteiger partial charge < -0.3 is 0 Å². The van der Waals surface area contributed by atoms with Gasteiger partial charge in [-0.1, -0.05) is 0 Å². The van der Waals surface area contributed by atoms with Crippen LogP contribution in [0, 0.1) is 0 Å². The van der Waals surface area contributed by atoms with Crippen molar-refractivity contribution in [2.45, 2.75) is 59.3 Å². The zero-order valence-corrected chi connectivity index (χ0v) is 29.7. The molecule has 8 N–H and O–H groups in total. The van der Waals surface area contributed by atoms with E-state index in [4.69, 9.17) is 21.7 Å². The van der Waals surface area contributed by atoms with Crippen LogP contribution in [0.3, 0.4) is 0 Å². The zero-order chi connectivity index (χ0) is 28.3. The molecule has 0 unspecified atom stereocenters. The van der Waals surface area contributed by atoms with Crippen molar-refractivity contribution in [2.24, 2.45) is 11.5 Å². The Hall–Kier alpha value is -0.452. The van der Waals surface area contributed by atoms with Crippen LogP contribution in [0.15, 0.2) is 0 Å². The average molecular weight is 908 g/mol. The molecule has 0 saturated carbocycles. The van der Waals surface area contributed by atoms with E-state index in [-0.39, 0.29) is 88.3 Å². The average Bonchev–Trinajstić information content (AvgIpc) is 2.81. The predicted molar refractivity (Wildman–Crippen MR) is 148 cm³/mol. The fourth-order valence-corrected chi connectivity index (χ4v) is 15.6. The van der Waals surface area contributed by atoms with Gasteiger partial charge in [0.05, 0.1) is 0 Å². The van der Waals surface area contributed by atoms with Crippen molar-refractivity contribution in [2.75, 3.05) is 14.2 Å². The monoisotopic (exact) mass is 912 g/mol. The van der Waals surface area contributed by atoms with Crippen molar-refractivity contribution >= 4 is 112 Å². The van der Waals surface area contributed by atoms with E-state index in [9.17, 15) is 28.8 Å². The van der Waals surface area contributed by atoms with Gasteiger partial charge in [0.25, 0.3) is 0 Å². The quantitative estimate of drug-likeness (QED) is 0.0396. The number of hydrogen-bond donors (Lipinski definition) is 6. The predicted octanol–water partition coefficient (Wildman–Crippen LogP) is -2.91. The van der Waals surface area contributed by atoms with E-state index < -0.39 is 48.0 Å². The number of ether oxygens (including phenoxy) is 2. The molecule has 0 bridgehead atoms. The SMILES string of the molecule is COC(=O)[C@H](C[Se][Se]C[C@H](NC(C)=O)C(=O)OC)NC(C)=O.I.N[C@@H](C[Se][Se]C[C@H](N)C(=O)O)C(=O)O. The molecule has 0 aromatic carbocycles. The van der Waals surface area contributed by atoms with Gasteiger partial charge in [-0.15, -0.1) is 24.0 Å². The summed E-state index contributed by atoms with van der Waals surface area (Å²) in [7, 11) is 2.53. The second-order valence-electron chi connectivity index (χ2n) is 6.58. The summed E-state index contributed by atoms with van der Waals surface area (Å²) in [6.45, 7) is 2.66. The third kappa shape index (κ3) is 23.2. The number of carboxylic acid groups (broad SMARTS) is 2. The van der Waals surface area contributed by atoms with Crippen LogP contribution in [0.5, 0.6) is 0 Å². The van der Waals surface area contributed by atoms with Gasteiger partial charge in [-0.2, -0.15) is 0 Å². The summed E-state index contributed by atoms with van der Waals surface area (Å²) in [5.41, 5.74) is 10.5. The Bertz CT molecular complexity index is 693. The minimum absolute atomic E-state index is 0. The van der Waals surface area contributed by atoms with Crippen molar-refractivity contribution in [1.82, 2.24) is 10.6 Å². The van der Waals surface area contributed by atoms with Crippen molar-refractivity contribution < 1.29 is 48.5 Å². The Kier molecular flexibility index (Phi) is 27.3. The molecule has 37 heavy (non-hydrogen) atoms. The first-order valence-electron chi connectivity index (χ1n) is 9.92. The van der Waals surface area contributed by atoms with E-state index in [0.717, 1.165) is 0 Å². The van der Waals surface area contributed by atoms with Crippen LogP contribution in [-0.4, -0.2) is 137 Å². The van der Waals surface area contributed by atoms with Gasteiger partial charge in [-0.05, 0) is 0 Å². The number of hydrogen-bond acceptors (Lipinski definition) is 10. The maximum atomic E-state index is 11.5. The first-order valence-corrected chi connectivity index (χ1v) is 23.4. The number of aliphatic carboxylic acids is 2. The van der Waals surface area contributed by atoms with Crippen molar-refractivity contribution in [3.8, 4) is 0 Å². The maximum absolute atomic E-state index is 11.5. The molecule has 0 aromatic heterocycles. The molecule has 14 nitrogen and oxygen atoms in total. The molecule has 0 rings (SSSR count). The molecule has 0 fully saturated rings. The molecule has 0 heterocycles. The van der Waals surface area contributed by atoms with Crippen LogP contribution < -0.4 is 22.1 Å². The normalized spacial score (nSPS) is 13.1. The summed E-state index contributed by atoms with van der Waals surface area (Å²) in [4.78, 5) is 65.8. The van der Waals surface area contributed by atoms with Gasteiger partial charge in [0.15, 0.2) is 0 Å². The molecule has 2 amide bonds. The second kappa shape index (κ2) is 24.6. The number of carboxylic acids is 2. The summed E-state index contributed by atoms with van der Waals surface area (Å²) < 4.78 is 9.26. The molecule has 19 heteroatoms. The van der Waals surface area contributed by atoms with Crippen LogP contribution in [0.1, 0.15) is 13.8 Å². The fraction of sp³-hybridized carbons (Fsp3) is 0.667. The number of nitrogens with two attached hydrogens (primary N) is 2. The zero-order valence-electron chi connectivity index (χ0n) is 20.5. The minimum atomic E-state index is -1.01. The van der Waals surface area contributed by atoms with E-state index in [1.807, 2.05) is 0 Å². The van der Waals surface area contributed by atoms with E-state index in [2.05, 4.69) is 20.1 Å². The summed E-state index contributed by atoms with van der Waals surface area (Å²) in [6.07, 6.45) is 0. The number of halogens is 1. The molecular weight excluding hydrogens is 875 g/mol. The number of amides is 2. The Morgan fingerprint density at radius 1 is 0.676 bits per heavy atom. The summed E-state index contributed by atoms with van der Waals surface area (Å²) >= 11 is 0.327. The van der Waals surface area contributed by atoms with Gasteiger partial charge >= 0.3 is 232 Å². The Labute approximate surface area is 254 Å². The van der Waals surface area contributed by atoms with Crippen LogP contribution in [0.2, 0.25) is 21.3 Å². The standard InChI is InChI=1S/C12H20N2O6Se2.C6H12N2O4Se2.HI/c1-7(15)13-9(11(17)19-3)5-21-22-6-10(12(18)20-4)14-8(2)16;7-3(5(9)10)1-13-14-2-4(8)6(11)12;/h9-10H,5-6H2,1-4H3,(H,13,15)(H,14,16);3-4H,1-2,7-8H2,(H,9,10)(H,11,12);1H/t9-,10-;3-,4-;/m00./s1. The molecule has 4 atom stereocenters. The van der Waals surface area contributed by atoms with Gasteiger partial charge in [0.2, 0.25) is 0 Å². The van der Waals surface area contributed by atoms with Crippen molar-refractivity contribution in [3.05, 3.63) is 0 Å². The molecule has 0 saturated heterocycles. The van der Waals surface area contributed by atoms with E-state index >= 15 is 0 Å². The first-order chi connectivity index (χ1) is 16.8. The van der Waals surface area contributed by atoms with Crippen LogP contribution >= 0.6 is 24.0 Å². The number of methoxy groups -OCH3 is 2. The van der Waals surface area contributed by atoms with Crippen molar-refractivity contribution in [3.63, 3.8) is 0 Å². The van der Waals surface area contributed by atoms with Gasteiger partial charge in [-0.25, -0.2) is 0 Å². The Morgan fingerprint density at radius 3 is 1.16 bits per heavy atom. The number of esters is 2. The van der Waals surface area contributed by atoms with Gasteiger partial charge in [0.1, 0.15) is 0 Å². The molecule has 0 spiro atoms. The first kappa shape index (κ1) is 41.0. The molecule has 216 valence electrons. The Balaban J connectivity index is -0.000000668. The molecule has 0 aromatic rings. The molecule has 0 aliphatic heterocycles. The van der Waals surface area contributed by atoms with Crippen LogP contribution in [-0.2, 0) is 38.2 Å². The molecule has 0 aliphatic rings. The van der Waals surface area contributed by atoms with Crippen LogP contribution in [0.25, 0.3) is 0 Å². The molecule has 0 aliphatic carbocycles. The summed E-state index contributed by atoms with van der Waals surface area (Å²) in [6, 6.07) is -2.97. The number of nitrogens with one attached hydrogen (secondary N) is 2. The van der Waals surface area contributed by atoms with E-state index in [1.165, 1.54) is 28.1 Å². The van der Waals surface area contributed by atoms with E-state index in [1.54, 1.807) is 0 Å². The topological polar surface area (TPSA) is 237 Å². The second-order valence-corrected chi connectivity index (χ2v) is 21.6. The Morgan fingerprint density at radius 2 is 0.946 bits per heavy atom. The number of rotatable bonds is 16. The molecular formula is C18H33IN4O10Se4.